The van der Waals surface area contributed by atoms with Crippen LogP contribution in [0.1, 0.15) is 10.4 Å². The molecule has 1 saturated heterocycles. The van der Waals surface area contributed by atoms with E-state index >= 15 is 0 Å². The number of morpholine rings is 1. The smallest absolute Gasteiger partial charge is 0.270 e. The minimum absolute atomic E-state index is 0.0610. The van der Waals surface area contributed by atoms with E-state index in [2.05, 4.69) is 10.2 Å². The molecule has 0 bridgehead atoms. The van der Waals surface area contributed by atoms with Crippen molar-refractivity contribution in [3.63, 3.8) is 0 Å². The van der Waals surface area contributed by atoms with Crippen molar-refractivity contribution in [2.24, 2.45) is 0 Å². The van der Waals surface area contributed by atoms with Crippen molar-refractivity contribution in [1.82, 2.24) is 10.2 Å². The lowest BCUT2D eigenvalue weighted by molar-refractivity contribution is -0.384. The fraction of sp³-hybridized carbons (Fsp3) is 0.500. The lowest BCUT2D eigenvalue weighted by Crippen LogP contribution is -2.41. The monoisotopic (exact) mass is 293 g/mol. The number of hydrogen-bond donors (Lipinski definition) is 1. The number of rotatable bonds is 7. The first kappa shape index (κ1) is 15.6. The highest BCUT2D eigenvalue weighted by molar-refractivity contribution is 5.98. The van der Waals surface area contributed by atoms with E-state index in [1.54, 1.807) is 6.07 Å². The second-order valence-corrected chi connectivity index (χ2v) is 4.86. The van der Waals surface area contributed by atoms with Crippen LogP contribution in [-0.2, 0) is 4.74 Å². The number of nitro groups is 1. The predicted molar refractivity (Wildman–Crippen MR) is 77.6 cm³/mol. The SMILES string of the molecule is O=C(CNCCN1CCOCC1)c1cccc([N+](=O)[O-])c1. The van der Waals surface area contributed by atoms with Crippen LogP contribution in [0.2, 0.25) is 0 Å². The molecule has 0 amide bonds. The van der Waals surface area contributed by atoms with Crippen LogP contribution in [0.5, 0.6) is 0 Å². The number of carbonyl (C=O) groups is 1. The molecule has 1 aliphatic rings. The number of Topliss-reactive ketones (excluding diaryl/α,β-unsaturated/α-hetero) is 1. The molecule has 2 rings (SSSR count). The summed E-state index contributed by atoms with van der Waals surface area (Å²) in [6, 6.07) is 5.81. The second-order valence-electron chi connectivity index (χ2n) is 4.86. The molecule has 7 nitrogen and oxygen atoms in total. The molecule has 114 valence electrons. The van der Waals surface area contributed by atoms with Gasteiger partial charge in [0.1, 0.15) is 0 Å². The molecule has 1 aromatic rings. The Hall–Kier alpha value is -1.83. The summed E-state index contributed by atoms with van der Waals surface area (Å²) in [4.78, 5) is 24.4. The minimum Gasteiger partial charge on any atom is -0.379 e. The lowest BCUT2D eigenvalue weighted by Gasteiger charge is -2.26. The van der Waals surface area contributed by atoms with Gasteiger partial charge in [-0.1, -0.05) is 12.1 Å². The Morgan fingerprint density at radius 3 is 2.86 bits per heavy atom. The molecule has 7 heteroatoms. The Labute approximate surface area is 123 Å². The van der Waals surface area contributed by atoms with E-state index in [1.807, 2.05) is 0 Å². The number of nitrogens with one attached hydrogen (secondary N) is 1. The van der Waals surface area contributed by atoms with E-state index in [1.165, 1.54) is 18.2 Å². The number of hydrogen-bond acceptors (Lipinski definition) is 6. The highest BCUT2D eigenvalue weighted by Crippen LogP contribution is 2.13. The van der Waals surface area contributed by atoms with Gasteiger partial charge in [-0.2, -0.15) is 0 Å². The summed E-state index contributed by atoms with van der Waals surface area (Å²) >= 11 is 0. The lowest BCUT2D eigenvalue weighted by atomic mass is 10.1. The molecule has 1 heterocycles. The normalized spacial score (nSPS) is 15.8. The molecule has 1 aliphatic heterocycles. The average molecular weight is 293 g/mol. The number of nitrogens with zero attached hydrogens (tertiary/aromatic N) is 2. The van der Waals surface area contributed by atoms with Gasteiger partial charge in [-0.3, -0.25) is 19.8 Å². The van der Waals surface area contributed by atoms with Crippen molar-refractivity contribution in [2.45, 2.75) is 0 Å². The fourth-order valence-electron chi connectivity index (χ4n) is 2.16. The molecule has 0 spiro atoms. The number of carbonyl (C=O) groups excluding carboxylic acids is 1. The zero-order chi connectivity index (χ0) is 15.1. The van der Waals surface area contributed by atoms with Gasteiger partial charge < -0.3 is 10.1 Å². The first-order chi connectivity index (χ1) is 10.2. The minimum atomic E-state index is -0.497. The maximum atomic E-state index is 12.0. The van der Waals surface area contributed by atoms with Crippen LogP contribution in [0.3, 0.4) is 0 Å². The molecular weight excluding hydrogens is 274 g/mol. The van der Waals surface area contributed by atoms with Crippen LogP contribution in [0, 0.1) is 10.1 Å². The molecule has 0 aliphatic carbocycles. The van der Waals surface area contributed by atoms with E-state index in [-0.39, 0.29) is 18.0 Å². The van der Waals surface area contributed by atoms with Crippen molar-refractivity contribution in [3.05, 3.63) is 39.9 Å². The molecule has 0 atom stereocenters. The highest BCUT2D eigenvalue weighted by atomic mass is 16.6. The molecule has 21 heavy (non-hydrogen) atoms. The van der Waals surface area contributed by atoms with Gasteiger partial charge >= 0.3 is 0 Å². The summed E-state index contributed by atoms with van der Waals surface area (Å²) in [5.41, 5.74) is 0.303. The molecule has 0 saturated carbocycles. The standard InChI is InChI=1S/C14H19N3O4/c18-14(12-2-1-3-13(10-12)17(19)20)11-15-4-5-16-6-8-21-9-7-16/h1-3,10,15H,4-9,11H2. The van der Waals surface area contributed by atoms with Crippen molar-refractivity contribution >= 4 is 11.5 Å². The third-order valence-electron chi connectivity index (χ3n) is 3.37. The van der Waals surface area contributed by atoms with Crippen molar-refractivity contribution in [1.29, 1.82) is 0 Å². The number of ether oxygens (including phenoxy) is 1. The zero-order valence-corrected chi connectivity index (χ0v) is 11.8. The van der Waals surface area contributed by atoms with Crippen LogP contribution in [0.15, 0.2) is 24.3 Å². The van der Waals surface area contributed by atoms with Crippen LogP contribution in [-0.4, -0.2) is 61.5 Å². The van der Waals surface area contributed by atoms with Crippen LogP contribution in [0.4, 0.5) is 5.69 Å². The summed E-state index contributed by atoms with van der Waals surface area (Å²) in [6.45, 7) is 5.11. The van der Waals surface area contributed by atoms with E-state index in [9.17, 15) is 14.9 Å². The summed E-state index contributed by atoms with van der Waals surface area (Å²) in [7, 11) is 0. The third kappa shape index (κ3) is 4.89. The van der Waals surface area contributed by atoms with Crippen LogP contribution in [0.25, 0.3) is 0 Å². The number of non-ortho nitro benzene ring substituents is 1. The van der Waals surface area contributed by atoms with E-state index < -0.39 is 4.92 Å². The largest absolute Gasteiger partial charge is 0.379 e. The van der Waals surface area contributed by atoms with Gasteiger partial charge in [-0.25, -0.2) is 0 Å². The number of ketones is 1. The van der Waals surface area contributed by atoms with E-state index in [4.69, 9.17) is 4.74 Å². The Morgan fingerprint density at radius 1 is 1.38 bits per heavy atom. The number of nitro benzene ring substituents is 1. The average Bonchev–Trinajstić information content (AvgIpc) is 2.52. The van der Waals surface area contributed by atoms with Crippen molar-refractivity contribution in [3.8, 4) is 0 Å². The molecule has 1 aromatic carbocycles. The van der Waals surface area contributed by atoms with Crippen LogP contribution < -0.4 is 5.32 Å². The highest BCUT2D eigenvalue weighted by Gasteiger charge is 2.12. The van der Waals surface area contributed by atoms with Gasteiger partial charge in [-0.15, -0.1) is 0 Å². The number of benzene rings is 1. The quantitative estimate of drug-likeness (QED) is 0.345. The Kier molecular flexibility index (Phi) is 5.79. The van der Waals surface area contributed by atoms with E-state index in [0.717, 1.165) is 32.8 Å². The third-order valence-corrected chi connectivity index (χ3v) is 3.37. The van der Waals surface area contributed by atoms with Gasteiger partial charge in [0.2, 0.25) is 0 Å². The second kappa shape index (κ2) is 7.82. The Balaban J connectivity index is 1.74. The van der Waals surface area contributed by atoms with Crippen molar-refractivity contribution in [2.75, 3.05) is 45.9 Å². The van der Waals surface area contributed by atoms with Crippen LogP contribution >= 0.6 is 0 Å². The molecule has 0 aromatic heterocycles. The van der Waals surface area contributed by atoms with Gasteiger partial charge in [0, 0.05) is 43.9 Å². The zero-order valence-electron chi connectivity index (χ0n) is 11.8. The van der Waals surface area contributed by atoms with E-state index in [0.29, 0.717) is 12.1 Å². The molecule has 0 unspecified atom stereocenters. The molecule has 1 fully saturated rings. The maximum Gasteiger partial charge on any atom is 0.270 e. The molecular formula is C14H19N3O4. The van der Waals surface area contributed by atoms with Gasteiger partial charge in [0.15, 0.2) is 5.78 Å². The summed E-state index contributed by atoms with van der Waals surface area (Å²) in [5, 5.41) is 13.8. The summed E-state index contributed by atoms with van der Waals surface area (Å²) in [6.07, 6.45) is 0. The predicted octanol–water partition coefficient (Wildman–Crippen LogP) is 0.699. The fourth-order valence-corrected chi connectivity index (χ4v) is 2.16. The Bertz CT molecular complexity index is 501. The maximum absolute atomic E-state index is 12.0. The van der Waals surface area contributed by atoms with Gasteiger partial charge in [-0.05, 0) is 0 Å². The first-order valence-corrected chi connectivity index (χ1v) is 6.95. The summed E-state index contributed by atoms with van der Waals surface area (Å²) < 4.78 is 5.26. The molecule has 1 N–H and O–H groups in total. The van der Waals surface area contributed by atoms with Crippen molar-refractivity contribution < 1.29 is 14.5 Å². The first-order valence-electron chi connectivity index (χ1n) is 6.95. The summed E-state index contributed by atoms with van der Waals surface area (Å²) in [5.74, 6) is -0.138. The molecule has 0 radical (unpaired) electrons. The van der Waals surface area contributed by atoms with Gasteiger partial charge in [0.25, 0.3) is 5.69 Å². The topological polar surface area (TPSA) is 84.7 Å². The van der Waals surface area contributed by atoms with Gasteiger partial charge in [0.05, 0.1) is 24.7 Å². The Morgan fingerprint density at radius 2 is 2.14 bits per heavy atom.